The van der Waals surface area contributed by atoms with E-state index >= 15 is 0 Å². The lowest BCUT2D eigenvalue weighted by Gasteiger charge is -2.46. The maximum atomic E-state index is 11.7. The molecule has 0 unspecified atom stereocenters. The topological polar surface area (TPSA) is 93.1 Å². The minimum atomic E-state index is -0.843. The highest BCUT2D eigenvalue weighted by molar-refractivity contribution is 5.73. The predicted octanol–water partition coefficient (Wildman–Crippen LogP) is 1.27. The van der Waals surface area contributed by atoms with Crippen molar-refractivity contribution in [2.45, 2.75) is 95.9 Å². The van der Waals surface area contributed by atoms with Crippen LogP contribution < -0.4 is 5.32 Å². The molecule has 0 spiro atoms. The Kier molecular flexibility index (Phi) is 6.33. The number of β-amino-alcohol motifs (C(OH)–C–C–N with tert-alkyl or cyclic N) is 1. The molecule has 2 amide bonds. The van der Waals surface area contributed by atoms with Crippen LogP contribution in [0.2, 0.25) is 0 Å². The minimum absolute atomic E-state index is 0.0533. The van der Waals surface area contributed by atoms with Gasteiger partial charge in [0.2, 0.25) is 11.8 Å². The average molecular weight is 410 g/mol. The van der Waals surface area contributed by atoms with Crippen LogP contribution in [-0.2, 0) is 9.59 Å². The van der Waals surface area contributed by atoms with E-state index in [9.17, 15) is 19.8 Å². The number of carbonyl (C=O) groups excluding carboxylic acids is 2. The van der Waals surface area contributed by atoms with Crippen molar-refractivity contribution in [2.24, 2.45) is 5.41 Å². The second-order valence-electron chi connectivity index (χ2n) is 10.2. The summed E-state index contributed by atoms with van der Waals surface area (Å²) in [5, 5.41) is 25.7. The lowest BCUT2D eigenvalue weighted by atomic mass is 9.67. The van der Waals surface area contributed by atoms with Crippen molar-refractivity contribution in [1.29, 1.82) is 0 Å². The number of hydrogen-bond acceptors (Lipinski definition) is 5. The summed E-state index contributed by atoms with van der Waals surface area (Å²) >= 11 is 0. The third-order valence-electron chi connectivity index (χ3n) is 8.09. The number of carbonyl (C=O) groups is 2. The molecule has 1 saturated carbocycles. The molecule has 166 valence electrons. The second kappa shape index (κ2) is 8.16. The number of rotatable bonds is 4. The zero-order valence-electron chi connectivity index (χ0n) is 18.5. The van der Waals surface area contributed by atoms with Crippen molar-refractivity contribution in [1.82, 2.24) is 15.1 Å². The van der Waals surface area contributed by atoms with E-state index in [-0.39, 0.29) is 29.3 Å². The molecule has 1 aliphatic carbocycles. The number of hydrogen-bond donors (Lipinski definition) is 3. The van der Waals surface area contributed by atoms with Crippen LogP contribution in [-0.4, -0.2) is 81.3 Å². The summed E-state index contributed by atoms with van der Waals surface area (Å²) in [6.07, 6.45) is 5.81. The molecule has 0 aromatic carbocycles. The first-order chi connectivity index (χ1) is 13.5. The maximum absolute atomic E-state index is 11.7. The first kappa shape index (κ1) is 22.5. The monoisotopic (exact) mass is 409 g/mol. The van der Waals surface area contributed by atoms with Crippen molar-refractivity contribution in [3.63, 3.8) is 0 Å². The third-order valence-corrected chi connectivity index (χ3v) is 8.09. The molecule has 0 bridgehead atoms. The highest BCUT2D eigenvalue weighted by atomic mass is 16.3. The molecule has 7 heteroatoms. The molecular weight excluding hydrogens is 370 g/mol. The van der Waals surface area contributed by atoms with Gasteiger partial charge < -0.3 is 20.4 Å². The van der Waals surface area contributed by atoms with Crippen LogP contribution in [0.25, 0.3) is 0 Å². The number of nitrogens with zero attached hydrogens (tertiary/aromatic N) is 2. The lowest BCUT2D eigenvalue weighted by molar-refractivity contribution is -0.134. The van der Waals surface area contributed by atoms with E-state index in [1.807, 2.05) is 6.92 Å². The molecule has 0 radical (unpaired) electrons. The van der Waals surface area contributed by atoms with Gasteiger partial charge in [0.05, 0.1) is 11.2 Å². The Morgan fingerprint density at radius 2 is 1.72 bits per heavy atom. The molecule has 7 nitrogen and oxygen atoms in total. The van der Waals surface area contributed by atoms with Gasteiger partial charge in [-0.15, -0.1) is 0 Å². The minimum Gasteiger partial charge on any atom is -0.390 e. The summed E-state index contributed by atoms with van der Waals surface area (Å²) in [6, 6.07) is 0.266. The fraction of sp³-hybridized carbons (Fsp3) is 0.909. The zero-order valence-corrected chi connectivity index (χ0v) is 18.5. The van der Waals surface area contributed by atoms with E-state index in [4.69, 9.17) is 0 Å². The van der Waals surface area contributed by atoms with Gasteiger partial charge in [-0.2, -0.15) is 0 Å². The molecule has 3 fully saturated rings. The van der Waals surface area contributed by atoms with Gasteiger partial charge in [-0.3, -0.25) is 14.5 Å². The van der Waals surface area contributed by atoms with Gasteiger partial charge in [-0.05, 0) is 39.0 Å². The molecule has 3 N–H and O–H groups in total. The van der Waals surface area contributed by atoms with Gasteiger partial charge in [0.25, 0.3) is 0 Å². The molecule has 2 saturated heterocycles. The van der Waals surface area contributed by atoms with E-state index in [0.29, 0.717) is 39.0 Å². The lowest BCUT2D eigenvalue weighted by Crippen LogP contribution is -2.57. The highest BCUT2D eigenvalue weighted by Crippen LogP contribution is 2.53. The molecule has 2 heterocycles. The van der Waals surface area contributed by atoms with E-state index in [1.165, 1.54) is 6.92 Å². The van der Waals surface area contributed by atoms with E-state index in [0.717, 1.165) is 32.1 Å². The Labute approximate surface area is 174 Å². The summed E-state index contributed by atoms with van der Waals surface area (Å²) in [6.45, 7) is 9.47. The van der Waals surface area contributed by atoms with Gasteiger partial charge in [-0.1, -0.05) is 19.8 Å². The molecular formula is C22H39N3O4. The van der Waals surface area contributed by atoms with Crippen molar-refractivity contribution < 1.29 is 19.8 Å². The maximum Gasteiger partial charge on any atom is 0.219 e. The van der Waals surface area contributed by atoms with Crippen LogP contribution in [0, 0.1) is 5.41 Å². The van der Waals surface area contributed by atoms with E-state index in [2.05, 4.69) is 17.1 Å². The molecule has 29 heavy (non-hydrogen) atoms. The van der Waals surface area contributed by atoms with Gasteiger partial charge in [0.15, 0.2) is 0 Å². The number of fused-ring (bicyclic) bond motifs is 1. The summed E-state index contributed by atoms with van der Waals surface area (Å²) < 4.78 is 0. The Balaban J connectivity index is 1.82. The van der Waals surface area contributed by atoms with Crippen LogP contribution in [0.1, 0.15) is 72.6 Å². The Morgan fingerprint density at radius 3 is 2.31 bits per heavy atom. The standard InChI is InChI=1S/C22H39N3O4/c1-16(26)23-14-18-13-20(3)19(7-5-6-8-21(20,4)28)25(18)15-22(29)9-11-24(12-10-22)17(2)27/h18-19,28-29H,5-15H2,1-4H3,(H,23,26)/t18-,19-,20-,21+/m1/s1. The van der Waals surface area contributed by atoms with Crippen LogP contribution in [0.3, 0.4) is 0 Å². The highest BCUT2D eigenvalue weighted by Gasteiger charge is 2.58. The second-order valence-corrected chi connectivity index (χ2v) is 10.2. The molecule has 3 aliphatic rings. The van der Waals surface area contributed by atoms with Crippen LogP contribution >= 0.6 is 0 Å². The first-order valence-electron chi connectivity index (χ1n) is 11.2. The molecule has 3 rings (SSSR count). The largest absolute Gasteiger partial charge is 0.390 e. The van der Waals surface area contributed by atoms with Crippen molar-refractivity contribution >= 4 is 11.8 Å². The summed E-state index contributed by atoms with van der Waals surface area (Å²) in [5.74, 6) is 0.00610. The first-order valence-corrected chi connectivity index (χ1v) is 11.2. The smallest absolute Gasteiger partial charge is 0.219 e. The zero-order chi connectivity index (χ0) is 21.4. The van der Waals surface area contributed by atoms with Gasteiger partial charge in [-0.25, -0.2) is 0 Å². The number of amides is 2. The summed E-state index contributed by atoms with van der Waals surface area (Å²) in [4.78, 5) is 27.4. The van der Waals surface area contributed by atoms with E-state index in [1.54, 1.807) is 11.8 Å². The van der Waals surface area contributed by atoms with Gasteiger partial charge in [0, 0.05) is 57.5 Å². The fourth-order valence-corrected chi connectivity index (χ4v) is 5.94. The Hall–Kier alpha value is -1.18. The number of likely N-dealkylation sites (tertiary alicyclic amines) is 2. The van der Waals surface area contributed by atoms with Gasteiger partial charge >= 0.3 is 0 Å². The number of aliphatic hydroxyl groups is 2. The van der Waals surface area contributed by atoms with Crippen molar-refractivity contribution in [2.75, 3.05) is 26.2 Å². The average Bonchev–Trinajstić information content (AvgIpc) is 2.83. The van der Waals surface area contributed by atoms with Crippen LogP contribution in [0.5, 0.6) is 0 Å². The van der Waals surface area contributed by atoms with Crippen LogP contribution in [0.15, 0.2) is 0 Å². The quantitative estimate of drug-likeness (QED) is 0.650. The number of piperidine rings is 1. The normalized spacial score (nSPS) is 37.7. The van der Waals surface area contributed by atoms with Crippen molar-refractivity contribution in [3.05, 3.63) is 0 Å². The molecule has 4 atom stereocenters. The number of nitrogens with one attached hydrogen (secondary N) is 1. The Bertz CT molecular complexity index is 630. The molecule has 2 aliphatic heterocycles. The summed E-state index contributed by atoms with van der Waals surface area (Å²) in [7, 11) is 0. The van der Waals surface area contributed by atoms with Gasteiger partial charge in [0.1, 0.15) is 0 Å². The third kappa shape index (κ3) is 4.47. The van der Waals surface area contributed by atoms with Crippen LogP contribution in [0.4, 0.5) is 0 Å². The predicted molar refractivity (Wildman–Crippen MR) is 111 cm³/mol. The van der Waals surface area contributed by atoms with E-state index < -0.39 is 11.2 Å². The molecule has 0 aromatic heterocycles. The van der Waals surface area contributed by atoms with Crippen molar-refractivity contribution in [3.8, 4) is 0 Å². The fourth-order valence-electron chi connectivity index (χ4n) is 5.94. The SMILES string of the molecule is CC(=O)NC[C@H]1C[C@]2(C)[C@@H](CCCC[C@]2(C)O)N1CC1(O)CCN(C(C)=O)CC1. The Morgan fingerprint density at radius 1 is 1.07 bits per heavy atom. The summed E-state index contributed by atoms with van der Waals surface area (Å²) in [5.41, 5.74) is -1.88. The molecule has 0 aromatic rings.